The smallest absolute Gasteiger partial charge is 0.346 e. The minimum atomic E-state index is -0.911. The minimum absolute atomic E-state index is 0.269. The number of hydrogen-bond donors (Lipinski definition) is 2. The highest BCUT2D eigenvalue weighted by Gasteiger charge is 2.20. The number of rotatable bonds is 5. The Labute approximate surface area is 122 Å². The van der Waals surface area contributed by atoms with E-state index in [1.807, 2.05) is 6.92 Å². The summed E-state index contributed by atoms with van der Waals surface area (Å²) in [4.78, 5) is 20.7. The molecule has 2 aromatic heterocycles. The molecular weight excluding hydrogens is 274 g/mol. The molecule has 5 nitrogen and oxygen atoms in total. The first-order valence-electron chi connectivity index (χ1n) is 6.69. The average molecular weight is 293 g/mol. The van der Waals surface area contributed by atoms with E-state index in [4.69, 9.17) is 0 Å². The number of carboxylic acid groups (broad SMARTS) is 1. The zero-order valence-corrected chi connectivity index (χ0v) is 12.9. The Balaban J connectivity index is 2.46. The standard InChI is InChI=1S/C14H19N3O2S/c1-5-7(2)9(4)17-12-10-8(3)11(14(18)19)20-13(10)16-6-15-12/h6-7,9H,5H2,1-4H3,(H,18,19)(H,15,16,17). The zero-order valence-electron chi connectivity index (χ0n) is 12.1. The van der Waals surface area contributed by atoms with Crippen LogP contribution < -0.4 is 5.32 Å². The zero-order chi connectivity index (χ0) is 14.9. The number of carbonyl (C=O) groups is 1. The topological polar surface area (TPSA) is 75.1 Å². The highest BCUT2D eigenvalue weighted by atomic mass is 32.1. The molecule has 0 radical (unpaired) electrons. The van der Waals surface area contributed by atoms with Crippen LogP contribution in [0.4, 0.5) is 5.82 Å². The summed E-state index contributed by atoms with van der Waals surface area (Å²) >= 11 is 1.20. The van der Waals surface area contributed by atoms with E-state index in [0.29, 0.717) is 15.6 Å². The highest BCUT2D eigenvalue weighted by Crippen LogP contribution is 2.33. The molecule has 2 rings (SSSR count). The number of fused-ring (bicyclic) bond motifs is 1. The van der Waals surface area contributed by atoms with Crippen molar-refractivity contribution in [2.24, 2.45) is 5.92 Å². The minimum Gasteiger partial charge on any atom is -0.477 e. The van der Waals surface area contributed by atoms with E-state index in [-0.39, 0.29) is 6.04 Å². The molecule has 2 atom stereocenters. The fourth-order valence-electron chi connectivity index (χ4n) is 2.10. The van der Waals surface area contributed by atoms with E-state index < -0.39 is 5.97 Å². The van der Waals surface area contributed by atoms with Crippen molar-refractivity contribution in [2.45, 2.75) is 40.2 Å². The van der Waals surface area contributed by atoms with Gasteiger partial charge in [-0.3, -0.25) is 0 Å². The summed E-state index contributed by atoms with van der Waals surface area (Å²) in [5.41, 5.74) is 0.733. The molecule has 0 spiro atoms. The van der Waals surface area contributed by atoms with E-state index in [0.717, 1.165) is 23.2 Å². The predicted octanol–water partition coefficient (Wildman–Crippen LogP) is 3.54. The van der Waals surface area contributed by atoms with Crippen molar-refractivity contribution in [1.82, 2.24) is 9.97 Å². The van der Waals surface area contributed by atoms with Gasteiger partial charge in [-0.2, -0.15) is 0 Å². The lowest BCUT2D eigenvalue weighted by atomic mass is 10.0. The summed E-state index contributed by atoms with van der Waals surface area (Å²) in [7, 11) is 0. The van der Waals surface area contributed by atoms with Crippen LogP contribution in [0, 0.1) is 12.8 Å². The molecule has 0 aromatic carbocycles. The second-order valence-electron chi connectivity index (χ2n) is 5.08. The van der Waals surface area contributed by atoms with Crippen molar-refractivity contribution in [1.29, 1.82) is 0 Å². The number of aryl methyl sites for hydroxylation is 1. The fraction of sp³-hybridized carbons (Fsp3) is 0.500. The third-order valence-electron chi connectivity index (χ3n) is 3.78. The molecule has 2 heterocycles. The van der Waals surface area contributed by atoms with Gasteiger partial charge in [0.1, 0.15) is 21.9 Å². The monoisotopic (exact) mass is 293 g/mol. The van der Waals surface area contributed by atoms with Crippen LogP contribution in [-0.4, -0.2) is 27.1 Å². The van der Waals surface area contributed by atoms with Gasteiger partial charge >= 0.3 is 5.97 Å². The Morgan fingerprint density at radius 1 is 1.45 bits per heavy atom. The van der Waals surface area contributed by atoms with Crippen LogP contribution in [0.3, 0.4) is 0 Å². The van der Waals surface area contributed by atoms with Crippen molar-refractivity contribution in [2.75, 3.05) is 5.32 Å². The molecule has 2 aromatic rings. The van der Waals surface area contributed by atoms with Gasteiger partial charge in [-0.05, 0) is 25.3 Å². The molecule has 0 saturated heterocycles. The number of aromatic carboxylic acids is 1. The lowest BCUT2D eigenvalue weighted by molar-refractivity contribution is 0.0701. The quantitative estimate of drug-likeness (QED) is 0.881. The second-order valence-corrected chi connectivity index (χ2v) is 6.08. The van der Waals surface area contributed by atoms with Crippen LogP contribution in [-0.2, 0) is 0 Å². The first-order chi connectivity index (χ1) is 9.45. The molecule has 108 valence electrons. The summed E-state index contributed by atoms with van der Waals surface area (Å²) < 4.78 is 0. The summed E-state index contributed by atoms with van der Waals surface area (Å²) in [5, 5.41) is 13.4. The molecule has 2 unspecified atom stereocenters. The number of hydrogen-bond acceptors (Lipinski definition) is 5. The van der Waals surface area contributed by atoms with Crippen LogP contribution in [0.15, 0.2) is 6.33 Å². The third-order valence-corrected chi connectivity index (χ3v) is 4.97. The highest BCUT2D eigenvalue weighted by molar-refractivity contribution is 7.20. The predicted molar refractivity (Wildman–Crippen MR) is 81.7 cm³/mol. The van der Waals surface area contributed by atoms with Crippen molar-refractivity contribution in [3.05, 3.63) is 16.8 Å². The van der Waals surface area contributed by atoms with Crippen LogP contribution in [0.25, 0.3) is 10.2 Å². The summed E-state index contributed by atoms with van der Waals surface area (Å²) in [6, 6.07) is 0.269. The van der Waals surface area contributed by atoms with Crippen LogP contribution in [0.1, 0.15) is 42.4 Å². The van der Waals surface area contributed by atoms with Gasteiger partial charge in [0.25, 0.3) is 0 Å². The van der Waals surface area contributed by atoms with Gasteiger partial charge in [-0.1, -0.05) is 20.3 Å². The van der Waals surface area contributed by atoms with Gasteiger partial charge in [0.05, 0.1) is 5.39 Å². The number of aromatic nitrogens is 2. The van der Waals surface area contributed by atoms with Crippen molar-refractivity contribution in [3.8, 4) is 0 Å². The molecule has 0 bridgehead atoms. The number of carboxylic acids is 1. The normalized spacial score (nSPS) is 14.2. The van der Waals surface area contributed by atoms with Gasteiger partial charge < -0.3 is 10.4 Å². The van der Waals surface area contributed by atoms with Crippen LogP contribution in [0.2, 0.25) is 0 Å². The number of nitrogens with zero attached hydrogens (tertiary/aromatic N) is 2. The Morgan fingerprint density at radius 3 is 2.75 bits per heavy atom. The van der Waals surface area contributed by atoms with E-state index in [1.54, 1.807) is 0 Å². The lowest BCUT2D eigenvalue weighted by Gasteiger charge is -2.20. The molecule has 6 heteroatoms. The van der Waals surface area contributed by atoms with E-state index >= 15 is 0 Å². The average Bonchev–Trinajstić information content (AvgIpc) is 2.76. The first-order valence-corrected chi connectivity index (χ1v) is 7.51. The van der Waals surface area contributed by atoms with Gasteiger partial charge in [0.2, 0.25) is 0 Å². The molecule has 0 fully saturated rings. The molecule has 0 saturated carbocycles. The third kappa shape index (κ3) is 2.60. The summed E-state index contributed by atoms with van der Waals surface area (Å²) in [6.45, 7) is 8.25. The van der Waals surface area contributed by atoms with Crippen molar-refractivity contribution < 1.29 is 9.90 Å². The van der Waals surface area contributed by atoms with E-state index in [9.17, 15) is 9.90 Å². The van der Waals surface area contributed by atoms with Gasteiger partial charge in [-0.15, -0.1) is 11.3 Å². The van der Waals surface area contributed by atoms with Crippen molar-refractivity contribution in [3.63, 3.8) is 0 Å². The van der Waals surface area contributed by atoms with Gasteiger partial charge in [-0.25, -0.2) is 14.8 Å². The lowest BCUT2D eigenvalue weighted by Crippen LogP contribution is -2.24. The first kappa shape index (κ1) is 14.7. The van der Waals surface area contributed by atoms with Gasteiger partial charge in [0, 0.05) is 6.04 Å². The fourth-order valence-corrected chi connectivity index (χ4v) is 3.08. The molecular formula is C14H19N3O2S. The SMILES string of the molecule is CCC(C)C(C)Nc1ncnc2sc(C(=O)O)c(C)c12. The number of nitrogens with one attached hydrogen (secondary N) is 1. The maximum absolute atomic E-state index is 11.2. The maximum Gasteiger partial charge on any atom is 0.346 e. The second kappa shape index (κ2) is 5.75. The van der Waals surface area contributed by atoms with Crippen LogP contribution >= 0.6 is 11.3 Å². The Bertz CT molecular complexity index is 639. The summed E-state index contributed by atoms with van der Waals surface area (Å²) in [5.74, 6) is 0.327. The molecule has 20 heavy (non-hydrogen) atoms. The molecule has 0 amide bonds. The Morgan fingerprint density at radius 2 is 2.15 bits per heavy atom. The molecule has 0 aliphatic heterocycles. The molecule has 0 aliphatic rings. The van der Waals surface area contributed by atoms with Crippen LogP contribution in [0.5, 0.6) is 0 Å². The Hall–Kier alpha value is -1.69. The number of thiophene rings is 1. The number of anilines is 1. The largest absolute Gasteiger partial charge is 0.477 e. The summed E-state index contributed by atoms with van der Waals surface area (Å²) in [6.07, 6.45) is 2.56. The van der Waals surface area contributed by atoms with Crippen molar-refractivity contribution >= 4 is 33.3 Å². The van der Waals surface area contributed by atoms with Gasteiger partial charge in [0.15, 0.2) is 0 Å². The maximum atomic E-state index is 11.2. The Kier molecular flexibility index (Phi) is 4.23. The van der Waals surface area contributed by atoms with E-state index in [2.05, 4.69) is 36.1 Å². The van der Waals surface area contributed by atoms with E-state index in [1.165, 1.54) is 17.7 Å². The molecule has 2 N–H and O–H groups in total. The molecule has 0 aliphatic carbocycles.